The zero-order valence-corrected chi connectivity index (χ0v) is 18.5. The standard InChI is InChI=1S/C21H24ClN7O2/c1-13(19-5-4-18(22)11-17(19)12-29-26-14(2)23-27-29)10-20(30)28-8-6-16(7-9-28)21-25-24-15(3)31-21/h4-5,10-11,16H,6-9,12H2,1-3H3/b13-10+. The van der Waals surface area contributed by atoms with Crippen LogP contribution in [0.5, 0.6) is 0 Å². The van der Waals surface area contributed by atoms with Crippen molar-refractivity contribution in [1.29, 1.82) is 0 Å². The van der Waals surface area contributed by atoms with Crippen molar-refractivity contribution in [2.45, 2.75) is 46.1 Å². The normalized spacial score (nSPS) is 15.5. The fraction of sp³-hybridized carbons (Fsp3) is 0.429. The summed E-state index contributed by atoms with van der Waals surface area (Å²) in [5.74, 6) is 2.04. The first-order valence-electron chi connectivity index (χ1n) is 10.2. The highest BCUT2D eigenvalue weighted by molar-refractivity contribution is 6.30. The molecule has 0 spiro atoms. The first-order chi connectivity index (χ1) is 14.9. The Kier molecular flexibility index (Phi) is 6.13. The fourth-order valence-electron chi connectivity index (χ4n) is 3.80. The van der Waals surface area contributed by atoms with Gasteiger partial charge in [0.15, 0.2) is 5.82 Å². The lowest BCUT2D eigenvalue weighted by Crippen LogP contribution is -2.37. The Morgan fingerprint density at radius 1 is 1.23 bits per heavy atom. The molecule has 0 unspecified atom stereocenters. The summed E-state index contributed by atoms with van der Waals surface area (Å²) in [6.45, 7) is 7.24. The van der Waals surface area contributed by atoms with Gasteiger partial charge in [-0.25, -0.2) is 0 Å². The summed E-state index contributed by atoms with van der Waals surface area (Å²) in [6.07, 6.45) is 3.30. The third kappa shape index (κ3) is 4.99. The molecule has 1 aliphatic heterocycles. The molecule has 31 heavy (non-hydrogen) atoms. The van der Waals surface area contributed by atoms with Crippen molar-refractivity contribution in [1.82, 2.24) is 35.3 Å². The summed E-state index contributed by atoms with van der Waals surface area (Å²) >= 11 is 6.21. The Morgan fingerprint density at radius 3 is 2.65 bits per heavy atom. The number of tetrazole rings is 1. The second-order valence-electron chi connectivity index (χ2n) is 7.75. The molecule has 4 rings (SSSR count). The summed E-state index contributed by atoms with van der Waals surface area (Å²) < 4.78 is 5.55. The SMILES string of the molecule is C/C(=C\C(=O)N1CCC(c2nnc(C)o2)CC1)c1ccc(Cl)cc1Cn1nnc(C)n1. The monoisotopic (exact) mass is 441 g/mol. The number of hydrogen-bond acceptors (Lipinski definition) is 7. The van der Waals surface area contributed by atoms with Crippen LogP contribution in [0.4, 0.5) is 0 Å². The van der Waals surface area contributed by atoms with E-state index in [1.165, 1.54) is 4.80 Å². The molecular formula is C21H24ClN7O2. The van der Waals surface area contributed by atoms with E-state index in [1.807, 2.05) is 30.0 Å². The Hall–Kier alpha value is -3.07. The number of aromatic nitrogens is 6. The number of rotatable bonds is 5. The van der Waals surface area contributed by atoms with Crippen LogP contribution in [-0.4, -0.2) is 54.3 Å². The van der Waals surface area contributed by atoms with Gasteiger partial charge in [0.1, 0.15) is 0 Å². The van der Waals surface area contributed by atoms with Gasteiger partial charge in [0.25, 0.3) is 0 Å². The van der Waals surface area contributed by atoms with E-state index in [1.54, 1.807) is 19.9 Å². The van der Waals surface area contributed by atoms with Gasteiger partial charge >= 0.3 is 0 Å². The molecule has 1 saturated heterocycles. The fourth-order valence-corrected chi connectivity index (χ4v) is 3.99. The van der Waals surface area contributed by atoms with Crippen LogP contribution in [0.1, 0.15) is 54.4 Å². The number of likely N-dealkylation sites (tertiary alicyclic amines) is 1. The summed E-state index contributed by atoms with van der Waals surface area (Å²) in [7, 11) is 0. The number of benzene rings is 1. The molecular weight excluding hydrogens is 418 g/mol. The van der Waals surface area contributed by atoms with Crippen LogP contribution >= 0.6 is 11.6 Å². The number of carbonyl (C=O) groups is 1. The van der Waals surface area contributed by atoms with Crippen molar-refractivity contribution in [3.05, 3.63) is 58.0 Å². The van der Waals surface area contributed by atoms with E-state index < -0.39 is 0 Å². The van der Waals surface area contributed by atoms with E-state index in [-0.39, 0.29) is 11.8 Å². The van der Waals surface area contributed by atoms with Crippen molar-refractivity contribution in [2.75, 3.05) is 13.1 Å². The van der Waals surface area contributed by atoms with Gasteiger partial charge < -0.3 is 9.32 Å². The van der Waals surface area contributed by atoms with Crippen LogP contribution in [0.25, 0.3) is 5.57 Å². The van der Waals surface area contributed by atoms with Gasteiger partial charge in [-0.2, -0.15) is 4.80 Å². The second kappa shape index (κ2) is 8.97. The van der Waals surface area contributed by atoms with Gasteiger partial charge in [-0.15, -0.1) is 20.4 Å². The number of hydrogen-bond donors (Lipinski definition) is 0. The molecule has 1 aliphatic rings. The van der Waals surface area contributed by atoms with Crippen LogP contribution in [0.3, 0.4) is 0 Å². The second-order valence-corrected chi connectivity index (χ2v) is 8.19. The molecule has 3 heterocycles. The largest absolute Gasteiger partial charge is 0.425 e. The van der Waals surface area contributed by atoms with Crippen LogP contribution in [0.15, 0.2) is 28.7 Å². The van der Waals surface area contributed by atoms with E-state index in [0.29, 0.717) is 42.3 Å². The number of halogens is 1. The zero-order valence-electron chi connectivity index (χ0n) is 17.7. The summed E-state index contributed by atoms with van der Waals surface area (Å²) in [4.78, 5) is 16.3. The smallest absolute Gasteiger partial charge is 0.246 e. The van der Waals surface area contributed by atoms with Crippen LogP contribution in [0.2, 0.25) is 5.02 Å². The highest BCUT2D eigenvalue weighted by Gasteiger charge is 2.26. The van der Waals surface area contributed by atoms with Gasteiger partial charge in [-0.3, -0.25) is 4.79 Å². The molecule has 1 aromatic carbocycles. The summed E-state index contributed by atoms with van der Waals surface area (Å²) in [6, 6.07) is 5.61. The molecule has 9 nitrogen and oxygen atoms in total. The number of aryl methyl sites for hydroxylation is 2. The van der Waals surface area contributed by atoms with Crippen molar-refractivity contribution < 1.29 is 9.21 Å². The number of allylic oxidation sites excluding steroid dienone is 1. The first-order valence-corrected chi connectivity index (χ1v) is 10.6. The predicted octanol–water partition coefficient (Wildman–Crippen LogP) is 3.18. The molecule has 0 N–H and O–H groups in total. The van der Waals surface area contributed by atoms with Crippen LogP contribution in [-0.2, 0) is 11.3 Å². The predicted molar refractivity (Wildman–Crippen MR) is 114 cm³/mol. The molecule has 0 atom stereocenters. The zero-order chi connectivity index (χ0) is 22.0. The minimum absolute atomic E-state index is 0.00622. The lowest BCUT2D eigenvalue weighted by molar-refractivity contribution is -0.127. The van der Waals surface area contributed by atoms with E-state index in [4.69, 9.17) is 16.0 Å². The van der Waals surface area contributed by atoms with E-state index >= 15 is 0 Å². The van der Waals surface area contributed by atoms with E-state index in [9.17, 15) is 4.79 Å². The number of piperidine rings is 1. The molecule has 2 aromatic heterocycles. The Morgan fingerprint density at radius 2 is 2.00 bits per heavy atom. The molecule has 0 radical (unpaired) electrons. The van der Waals surface area contributed by atoms with Crippen LogP contribution < -0.4 is 0 Å². The third-order valence-corrected chi connectivity index (χ3v) is 5.63. The number of amides is 1. The highest BCUT2D eigenvalue weighted by atomic mass is 35.5. The number of nitrogens with zero attached hydrogens (tertiary/aromatic N) is 7. The summed E-state index contributed by atoms with van der Waals surface area (Å²) in [5.41, 5.74) is 2.73. The average Bonchev–Trinajstić information content (AvgIpc) is 3.36. The molecule has 0 saturated carbocycles. The molecule has 10 heteroatoms. The molecule has 1 fully saturated rings. The van der Waals surface area contributed by atoms with E-state index in [2.05, 4.69) is 25.6 Å². The molecule has 1 amide bonds. The van der Waals surface area contributed by atoms with Gasteiger partial charge in [-0.1, -0.05) is 17.7 Å². The van der Waals surface area contributed by atoms with Gasteiger partial charge in [0.2, 0.25) is 17.7 Å². The lowest BCUT2D eigenvalue weighted by atomic mass is 9.96. The van der Waals surface area contributed by atoms with Crippen molar-refractivity contribution in [3.8, 4) is 0 Å². The minimum atomic E-state index is -0.00622. The maximum atomic E-state index is 12.9. The van der Waals surface area contributed by atoms with Crippen LogP contribution in [0, 0.1) is 13.8 Å². The van der Waals surface area contributed by atoms with Gasteiger partial charge in [-0.05, 0) is 60.7 Å². The molecule has 3 aromatic rings. The number of carbonyl (C=O) groups excluding carboxylic acids is 1. The van der Waals surface area contributed by atoms with Gasteiger partial charge in [0.05, 0.1) is 6.54 Å². The topological polar surface area (TPSA) is 103 Å². The molecule has 0 bridgehead atoms. The average molecular weight is 442 g/mol. The van der Waals surface area contributed by atoms with Crippen molar-refractivity contribution in [2.24, 2.45) is 0 Å². The Bertz CT molecular complexity index is 1110. The lowest BCUT2D eigenvalue weighted by Gasteiger charge is -2.29. The molecule has 162 valence electrons. The molecule has 0 aliphatic carbocycles. The maximum Gasteiger partial charge on any atom is 0.246 e. The van der Waals surface area contributed by atoms with Crippen molar-refractivity contribution in [3.63, 3.8) is 0 Å². The van der Waals surface area contributed by atoms with E-state index in [0.717, 1.165) is 29.5 Å². The summed E-state index contributed by atoms with van der Waals surface area (Å²) in [5, 5.41) is 20.8. The third-order valence-electron chi connectivity index (χ3n) is 5.39. The highest BCUT2D eigenvalue weighted by Crippen LogP contribution is 2.28. The maximum absolute atomic E-state index is 12.9. The first kappa shape index (κ1) is 21.2. The minimum Gasteiger partial charge on any atom is -0.425 e. The Labute approximate surface area is 185 Å². The Balaban J connectivity index is 1.46. The quantitative estimate of drug-likeness (QED) is 0.560. The van der Waals surface area contributed by atoms with Crippen molar-refractivity contribution >= 4 is 23.1 Å². The van der Waals surface area contributed by atoms with Gasteiger partial charge in [0, 0.05) is 37.0 Å².